The van der Waals surface area contributed by atoms with E-state index in [1.54, 1.807) is 0 Å². The van der Waals surface area contributed by atoms with Gasteiger partial charge in [-0.25, -0.2) is 0 Å². The molecule has 5 heteroatoms. The summed E-state index contributed by atoms with van der Waals surface area (Å²) in [6, 6.07) is 0.216. The minimum Gasteiger partial charge on any atom is -0.469 e. The monoisotopic (exact) mass is 272 g/mol. The topological polar surface area (TPSA) is 58.6 Å². The number of esters is 1. The number of likely N-dealkylation sites (N-methyl/N-ethyl adjacent to an activating group) is 1. The predicted octanol–water partition coefficient (Wildman–Crippen LogP) is 1.57. The van der Waals surface area contributed by atoms with Crippen molar-refractivity contribution in [1.82, 2.24) is 10.2 Å². The van der Waals surface area contributed by atoms with Gasteiger partial charge in [0.05, 0.1) is 20.1 Å². The van der Waals surface area contributed by atoms with Crippen molar-refractivity contribution in [1.29, 1.82) is 0 Å². The zero-order valence-corrected chi connectivity index (χ0v) is 12.7. The fourth-order valence-corrected chi connectivity index (χ4v) is 1.80. The van der Waals surface area contributed by atoms with E-state index in [4.69, 9.17) is 0 Å². The molecular formula is C14H28N2O3. The number of unbranched alkanes of at least 4 members (excludes halogenated alkanes) is 2. The van der Waals surface area contributed by atoms with E-state index < -0.39 is 0 Å². The van der Waals surface area contributed by atoms with E-state index in [9.17, 15) is 9.59 Å². The van der Waals surface area contributed by atoms with Crippen LogP contribution in [-0.2, 0) is 14.3 Å². The van der Waals surface area contributed by atoms with E-state index in [1.807, 2.05) is 18.9 Å². The Morgan fingerprint density at radius 2 is 2.00 bits per heavy atom. The summed E-state index contributed by atoms with van der Waals surface area (Å²) in [5, 5.41) is 2.97. The molecule has 0 saturated carbocycles. The van der Waals surface area contributed by atoms with Crippen LogP contribution in [0.1, 0.15) is 46.0 Å². The molecule has 0 aliphatic heterocycles. The molecule has 0 spiro atoms. The molecule has 112 valence electrons. The average Bonchev–Trinajstić information content (AvgIpc) is 2.35. The molecule has 1 unspecified atom stereocenters. The van der Waals surface area contributed by atoms with Crippen LogP contribution < -0.4 is 5.32 Å². The molecule has 19 heavy (non-hydrogen) atoms. The lowest BCUT2D eigenvalue weighted by Crippen LogP contribution is -2.40. The second-order valence-corrected chi connectivity index (χ2v) is 5.03. The van der Waals surface area contributed by atoms with Crippen molar-refractivity contribution in [2.75, 3.05) is 27.2 Å². The van der Waals surface area contributed by atoms with E-state index in [1.165, 1.54) is 20.0 Å². The zero-order valence-electron chi connectivity index (χ0n) is 12.7. The molecule has 0 rings (SSSR count). The van der Waals surface area contributed by atoms with Gasteiger partial charge in [-0.05, 0) is 20.4 Å². The third kappa shape index (κ3) is 10.5. The third-order valence-electron chi connectivity index (χ3n) is 2.99. The molecule has 0 fully saturated rings. The van der Waals surface area contributed by atoms with Crippen molar-refractivity contribution >= 4 is 11.9 Å². The molecule has 1 amide bonds. The Morgan fingerprint density at radius 1 is 1.32 bits per heavy atom. The van der Waals surface area contributed by atoms with Gasteiger partial charge >= 0.3 is 5.97 Å². The van der Waals surface area contributed by atoms with Gasteiger partial charge in [-0.2, -0.15) is 0 Å². The van der Waals surface area contributed by atoms with Crippen LogP contribution in [0.5, 0.6) is 0 Å². The number of nitrogens with one attached hydrogen (secondary N) is 1. The summed E-state index contributed by atoms with van der Waals surface area (Å²) in [5.41, 5.74) is 0. The summed E-state index contributed by atoms with van der Waals surface area (Å²) in [6.45, 7) is 5.04. The Morgan fingerprint density at radius 3 is 2.58 bits per heavy atom. The number of carbonyl (C=O) groups is 2. The first-order valence-electron chi connectivity index (χ1n) is 7.04. The number of amides is 1. The number of ether oxygens (including phenoxy) is 1. The highest BCUT2D eigenvalue weighted by atomic mass is 16.5. The number of nitrogens with zero attached hydrogens (tertiary/aromatic N) is 1. The minimum absolute atomic E-state index is 0.0105. The lowest BCUT2D eigenvalue weighted by atomic mass is 10.1. The number of carbonyl (C=O) groups excluding carboxylic acids is 2. The zero-order chi connectivity index (χ0) is 14.7. The van der Waals surface area contributed by atoms with Crippen LogP contribution in [0.3, 0.4) is 0 Å². The number of rotatable bonds is 10. The SMILES string of the molecule is CCCCCC(C)NC(=O)CN(C)CCC(=O)OC. The fraction of sp³-hybridized carbons (Fsp3) is 0.857. The molecule has 0 bridgehead atoms. The van der Waals surface area contributed by atoms with Gasteiger partial charge in [-0.3, -0.25) is 14.5 Å². The van der Waals surface area contributed by atoms with Crippen molar-refractivity contribution < 1.29 is 14.3 Å². The Balaban J connectivity index is 3.74. The quantitative estimate of drug-likeness (QED) is 0.484. The van der Waals surface area contributed by atoms with Crippen molar-refractivity contribution in [3.05, 3.63) is 0 Å². The molecule has 0 aromatic rings. The molecule has 0 aromatic heterocycles. The van der Waals surface area contributed by atoms with E-state index in [-0.39, 0.29) is 17.9 Å². The second kappa shape index (κ2) is 10.8. The fourth-order valence-electron chi connectivity index (χ4n) is 1.80. The third-order valence-corrected chi connectivity index (χ3v) is 2.99. The normalized spacial score (nSPS) is 12.3. The van der Waals surface area contributed by atoms with Crippen LogP contribution >= 0.6 is 0 Å². The van der Waals surface area contributed by atoms with Crippen LogP contribution in [0, 0.1) is 0 Å². The maximum atomic E-state index is 11.7. The number of hydrogen-bond donors (Lipinski definition) is 1. The molecule has 0 radical (unpaired) electrons. The van der Waals surface area contributed by atoms with Crippen LogP contribution in [0.2, 0.25) is 0 Å². The molecule has 5 nitrogen and oxygen atoms in total. The van der Waals surface area contributed by atoms with Gasteiger partial charge in [-0.1, -0.05) is 26.2 Å². The Hall–Kier alpha value is -1.10. The number of hydrogen-bond acceptors (Lipinski definition) is 4. The van der Waals surface area contributed by atoms with Crippen molar-refractivity contribution in [2.24, 2.45) is 0 Å². The van der Waals surface area contributed by atoms with Gasteiger partial charge in [0.2, 0.25) is 5.91 Å². The molecule has 1 atom stereocenters. The summed E-state index contributed by atoms with van der Waals surface area (Å²) >= 11 is 0. The van der Waals surface area contributed by atoms with Gasteiger partial charge in [0.15, 0.2) is 0 Å². The first-order valence-corrected chi connectivity index (χ1v) is 7.04. The summed E-state index contributed by atoms with van der Waals surface area (Å²) in [5.74, 6) is -0.239. The van der Waals surface area contributed by atoms with E-state index in [0.717, 1.165) is 12.8 Å². The maximum absolute atomic E-state index is 11.7. The van der Waals surface area contributed by atoms with Crippen LogP contribution in [-0.4, -0.2) is 50.1 Å². The summed E-state index contributed by atoms with van der Waals surface area (Å²) in [6.07, 6.45) is 4.88. The molecule has 0 aromatic carbocycles. The molecular weight excluding hydrogens is 244 g/mol. The highest BCUT2D eigenvalue weighted by Crippen LogP contribution is 2.02. The lowest BCUT2D eigenvalue weighted by Gasteiger charge is -2.18. The summed E-state index contributed by atoms with van der Waals surface area (Å²) in [7, 11) is 3.19. The van der Waals surface area contributed by atoms with Gasteiger partial charge in [-0.15, -0.1) is 0 Å². The van der Waals surface area contributed by atoms with Gasteiger partial charge in [0, 0.05) is 12.6 Å². The minimum atomic E-state index is -0.250. The first-order chi connectivity index (χ1) is 8.99. The highest BCUT2D eigenvalue weighted by molar-refractivity contribution is 5.78. The van der Waals surface area contributed by atoms with Crippen LogP contribution in [0.4, 0.5) is 0 Å². The summed E-state index contributed by atoms with van der Waals surface area (Å²) in [4.78, 5) is 24.5. The van der Waals surface area contributed by atoms with Crippen molar-refractivity contribution in [2.45, 2.75) is 52.0 Å². The Kier molecular flexibility index (Phi) is 10.2. The maximum Gasteiger partial charge on any atom is 0.306 e. The van der Waals surface area contributed by atoms with Crippen molar-refractivity contribution in [3.63, 3.8) is 0 Å². The van der Waals surface area contributed by atoms with E-state index in [2.05, 4.69) is 17.0 Å². The first kappa shape index (κ1) is 17.9. The molecule has 0 heterocycles. The molecule has 0 aliphatic carbocycles. The standard InChI is InChI=1S/C14H28N2O3/c1-5-6-7-8-12(2)15-13(17)11-16(3)10-9-14(18)19-4/h12H,5-11H2,1-4H3,(H,15,17). The number of methoxy groups -OCH3 is 1. The largest absolute Gasteiger partial charge is 0.469 e. The lowest BCUT2D eigenvalue weighted by molar-refractivity contribution is -0.141. The van der Waals surface area contributed by atoms with Gasteiger partial charge < -0.3 is 10.1 Å². The van der Waals surface area contributed by atoms with E-state index >= 15 is 0 Å². The van der Waals surface area contributed by atoms with Crippen LogP contribution in [0.15, 0.2) is 0 Å². The second-order valence-electron chi connectivity index (χ2n) is 5.03. The Bertz CT molecular complexity index is 269. The van der Waals surface area contributed by atoms with Gasteiger partial charge in [0.25, 0.3) is 0 Å². The molecule has 0 aliphatic rings. The summed E-state index contributed by atoms with van der Waals surface area (Å²) < 4.78 is 4.56. The highest BCUT2D eigenvalue weighted by Gasteiger charge is 2.11. The van der Waals surface area contributed by atoms with Gasteiger partial charge in [0.1, 0.15) is 0 Å². The average molecular weight is 272 g/mol. The van der Waals surface area contributed by atoms with E-state index in [0.29, 0.717) is 19.5 Å². The smallest absolute Gasteiger partial charge is 0.306 e. The predicted molar refractivity (Wildman–Crippen MR) is 75.9 cm³/mol. The molecule has 1 N–H and O–H groups in total. The molecule has 0 saturated heterocycles. The Labute approximate surface area is 116 Å². The van der Waals surface area contributed by atoms with Crippen molar-refractivity contribution in [3.8, 4) is 0 Å². The van der Waals surface area contributed by atoms with Crippen LogP contribution in [0.25, 0.3) is 0 Å².